The molecule has 6 rings (SSSR count). The number of rotatable bonds is 9. The Bertz CT molecular complexity index is 1620. The van der Waals surface area contributed by atoms with E-state index >= 15 is 0 Å². The molecule has 0 aliphatic carbocycles. The van der Waals surface area contributed by atoms with Crippen LogP contribution in [0.25, 0.3) is 11.2 Å². The van der Waals surface area contributed by atoms with Gasteiger partial charge in [0.2, 0.25) is 0 Å². The molecule has 3 aromatic carbocycles. The van der Waals surface area contributed by atoms with Gasteiger partial charge in [0.15, 0.2) is 17.4 Å². The first-order valence-corrected chi connectivity index (χ1v) is 13.1. The fourth-order valence-electron chi connectivity index (χ4n) is 5.27. The zero-order chi connectivity index (χ0) is 28.4. The number of ether oxygens (including phenoxy) is 4. The number of benzene rings is 3. The molecule has 0 bridgehead atoms. The maximum atomic E-state index is 12.1. The SMILES string of the molecule is COc1ccc(C(OC[C@H]2O[C@@H](n3nnc4c(=O)[nH]cnc43)C[C@@H]2O)(c2ccccc2)c2ccc(OC)cc2)cc1. The first-order valence-electron chi connectivity index (χ1n) is 13.1. The summed E-state index contributed by atoms with van der Waals surface area (Å²) < 4.78 is 25.4. The molecule has 0 saturated carbocycles. The molecule has 2 aromatic heterocycles. The third kappa shape index (κ3) is 4.84. The maximum Gasteiger partial charge on any atom is 0.280 e. The van der Waals surface area contributed by atoms with E-state index in [1.165, 1.54) is 11.0 Å². The molecular weight excluding hydrogens is 526 g/mol. The van der Waals surface area contributed by atoms with Crippen molar-refractivity contribution in [1.82, 2.24) is 25.0 Å². The second kappa shape index (κ2) is 11.1. The third-order valence-corrected chi connectivity index (χ3v) is 7.38. The highest BCUT2D eigenvalue weighted by atomic mass is 16.6. The fourth-order valence-corrected chi connectivity index (χ4v) is 5.27. The van der Waals surface area contributed by atoms with Crippen molar-refractivity contribution in [3.63, 3.8) is 0 Å². The van der Waals surface area contributed by atoms with Crippen LogP contribution in [0.4, 0.5) is 0 Å². The molecule has 41 heavy (non-hydrogen) atoms. The van der Waals surface area contributed by atoms with E-state index in [1.54, 1.807) is 14.2 Å². The highest BCUT2D eigenvalue weighted by Crippen LogP contribution is 2.42. The van der Waals surface area contributed by atoms with Crippen molar-refractivity contribution >= 4 is 11.2 Å². The zero-order valence-electron chi connectivity index (χ0n) is 22.5. The lowest BCUT2D eigenvalue weighted by molar-refractivity contribution is -0.0952. The first kappa shape index (κ1) is 26.6. The Morgan fingerprint density at radius 1 is 0.951 bits per heavy atom. The summed E-state index contributed by atoms with van der Waals surface area (Å²) in [5.41, 5.74) is 1.55. The molecule has 3 atom stereocenters. The maximum absolute atomic E-state index is 12.1. The Labute approximate surface area is 235 Å². The fraction of sp³-hybridized carbons (Fsp3) is 0.267. The van der Waals surface area contributed by atoms with Crippen molar-refractivity contribution in [2.75, 3.05) is 20.8 Å². The van der Waals surface area contributed by atoms with Gasteiger partial charge in [0, 0.05) is 6.42 Å². The minimum atomic E-state index is -1.06. The summed E-state index contributed by atoms with van der Waals surface area (Å²) >= 11 is 0. The van der Waals surface area contributed by atoms with E-state index in [0.29, 0.717) is 0 Å². The van der Waals surface area contributed by atoms with Gasteiger partial charge in [-0.25, -0.2) is 4.98 Å². The van der Waals surface area contributed by atoms with E-state index in [9.17, 15) is 9.90 Å². The molecule has 2 N–H and O–H groups in total. The predicted octanol–water partition coefficient (Wildman–Crippen LogP) is 3.19. The Hall–Kier alpha value is -4.58. The zero-order valence-corrected chi connectivity index (χ0v) is 22.5. The van der Waals surface area contributed by atoms with Crippen molar-refractivity contribution in [1.29, 1.82) is 0 Å². The van der Waals surface area contributed by atoms with E-state index < -0.39 is 29.6 Å². The van der Waals surface area contributed by atoms with Crippen molar-refractivity contribution in [2.45, 2.75) is 30.5 Å². The predicted molar refractivity (Wildman–Crippen MR) is 149 cm³/mol. The van der Waals surface area contributed by atoms with Crippen LogP contribution in [-0.2, 0) is 15.1 Å². The molecule has 0 radical (unpaired) electrons. The van der Waals surface area contributed by atoms with Crippen molar-refractivity contribution in [3.8, 4) is 11.5 Å². The van der Waals surface area contributed by atoms with Crippen LogP contribution in [0.1, 0.15) is 29.3 Å². The van der Waals surface area contributed by atoms with Gasteiger partial charge < -0.3 is 29.0 Å². The number of aliphatic hydroxyl groups is 1. The normalized spacial score (nSPS) is 19.0. The molecule has 0 amide bonds. The van der Waals surface area contributed by atoms with E-state index in [1.807, 2.05) is 78.9 Å². The highest BCUT2D eigenvalue weighted by molar-refractivity contribution is 5.67. The average Bonchev–Trinajstić information content (AvgIpc) is 3.62. The standard InChI is InChI=1S/C30H29N5O6/c1-38-22-12-8-20(9-13-22)30(19-6-4-3-5-7-19,21-10-14-23(39-2)15-11-21)40-17-25-24(36)16-26(41-25)35-28-27(33-34-35)29(37)32-18-31-28/h3-15,18,24-26,36H,16-17H2,1-2H3,(H,31,32,37)/t24-,25+,26+/m0/s1. The number of aromatic nitrogens is 5. The Balaban J connectivity index is 1.37. The second-order valence-corrected chi connectivity index (χ2v) is 9.69. The summed E-state index contributed by atoms with van der Waals surface area (Å²) in [6.45, 7) is 0.0469. The minimum Gasteiger partial charge on any atom is -0.497 e. The lowest BCUT2D eigenvalue weighted by atomic mass is 9.80. The molecule has 11 nitrogen and oxygen atoms in total. The number of hydrogen-bond donors (Lipinski definition) is 2. The lowest BCUT2D eigenvalue weighted by Gasteiger charge is -2.37. The summed E-state index contributed by atoms with van der Waals surface area (Å²) in [6, 6.07) is 25.3. The smallest absolute Gasteiger partial charge is 0.280 e. The van der Waals surface area contributed by atoms with Gasteiger partial charge in [0.25, 0.3) is 5.56 Å². The van der Waals surface area contributed by atoms with Crippen molar-refractivity contribution < 1.29 is 24.1 Å². The minimum absolute atomic E-state index is 0.0469. The number of methoxy groups -OCH3 is 2. The quantitative estimate of drug-likeness (QED) is 0.263. The summed E-state index contributed by atoms with van der Waals surface area (Å²) in [4.78, 5) is 18.8. The molecule has 5 aromatic rings. The number of H-pyrrole nitrogens is 1. The van der Waals surface area contributed by atoms with Crippen LogP contribution in [0.3, 0.4) is 0 Å². The van der Waals surface area contributed by atoms with Crippen LogP contribution >= 0.6 is 0 Å². The number of fused-ring (bicyclic) bond motifs is 1. The number of aromatic amines is 1. The van der Waals surface area contributed by atoms with Crippen LogP contribution in [0.5, 0.6) is 11.5 Å². The second-order valence-electron chi connectivity index (χ2n) is 9.69. The Morgan fingerprint density at radius 3 is 2.17 bits per heavy atom. The molecule has 1 aliphatic heterocycles. The third-order valence-electron chi connectivity index (χ3n) is 7.38. The number of aliphatic hydroxyl groups excluding tert-OH is 1. The monoisotopic (exact) mass is 555 g/mol. The van der Waals surface area contributed by atoms with E-state index in [4.69, 9.17) is 18.9 Å². The summed E-state index contributed by atoms with van der Waals surface area (Å²) in [5.74, 6) is 1.44. The van der Waals surface area contributed by atoms with Gasteiger partial charge in [-0.15, -0.1) is 5.10 Å². The van der Waals surface area contributed by atoms with Crippen molar-refractivity contribution in [2.24, 2.45) is 0 Å². The van der Waals surface area contributed by atoms with Crippen LogP contribution in [0.2, 0.25) is 0 Å². The lowest BCUT2D eigenvalue weighted by Crippen LogP contribution is -2.38. The first-order chi connectivity index (χ1) is 20.0. The number of hydrogen-bond acceptors (Lipinski definition) is 9. The van der Waals surface area contributed by atoms with E-state index in [-0.39, 0.29) is 24.2 Å². The van der Waals surface area contributed by atoms with E-state index in [2.05, 4.69) is 20.3 Å². The van der Waals surface area contributed by atoms with Gasteiger partial charge in [-0.3, -0.25) is 4.79 Å². The van der Waals surface area contributed by atoms with Gasteiger partial charge in [-0.05, 0) is 41.0 Å². The van der Waals surface area contributed by atoms with Gasteiger partial charge in [-0.2, -0.15) is 4.68 Å². The molecule has 3 heterocycles. The van der Waals surface area contributed by atoms with E-state index in [0.717, 1.165) is 28.2 Å². The van der Waals surface area contributed by atoms with Crippen LogP contribution < -0.4 is 15.0 Å². The molecule has 210 valence electrons. The largest absolute Gasteiger partial charge is 0.497 e. The van der Waals surface area contributed by atoms with Crippen LogP contribution in [0.15, 0.2) is 90.0 Å². The molecule has 1 fully saturated rings. The summed E-state index contributed by atoms with van der Waals surface area (Å²) in [7, 11) is 3.25. The summed E-state index contributed by atoms with van der Waals surface area (Å²) in [5, 5.41) is 19.1. The Morgan fingerprint density at radius 2 is 1.56 bits per heavy atom. The van der Waals surface area contributed by atoms with Gasteiger partial charge in [0.05, 0.1) is 33.3 Å². The van der Waals surface area contributed by atoms with Crippen LogP contribution in [-0.4, -0.2) is 63.1 Å². The Kier molecular flexibility index (Phi) is 7.23. The molecule has 1 saturated heterocycles. The summed E-state index contributed by atoms with van der Waals surface area (Å²) in [6.07, 6.45) is -0.716. The molecule has 11 heteroatoms. The van der Waals surface area contributed by atoms with Gasteiger partial charge in [0.1, 0.15) is 23.2 Å². The topological polar surface area (TPSA) is 134 Å². The van der Waals surface area contributed by atoms with Gasteiger partial charge >= 0.3 is 0 Å². The number of nitrogens with one attached hydrogen (secondary N) is 1. The molecule has 0 spiro atoms. The molecular formula is C30H29N5O6. The van der Waals surface area contributed by atoms with Crippen molar-refractivity contribution in [3.05, 3.63) is 112 Å². The van der Waals surface area contributed by atoms with Crippen LogP contribution in [0, 0.1) is 0 Å². The van der Waals surface area contributed by atoms with Gasteiger partial charge in [-0.1, -0.05) is 59.8 Å². The molecule has 1 aliphatic rings. The molecule has 0 unspecified atom stereocenters. The highest BCUT2D eigenvalue weighted by Gasteiger charge is 2.42. The number of nitrogens with zero attached hydrogens (tertiary/aromatic N) is 4. The average molecular weight is 556 g/mol.